The molecular formula is C31H36N4O2Se. The van der Waals surface area contributed by atoms with Gasteiger partial charge in [0, 0.05) is 0 Å². The van der Waals surface area contributed by atoms with Gasteiger partial charge in [-0.25, -0.2) is 0 Å². The number of aromatic nitrogens is 3. The van der Waals surface area contributed by atoms with E-state index in [9.17, 15) is 4.79 Å². The fraction of sp³-hybridized carbons (Fsp3) is 0.452. The SMILES string of the molecule is COC(=O)c1ccc2c(c1)nc(-c1cccc3nc(NC4CCCCCC4)[se]c13)n2CCC1=CCCCC1. The Morgan fingerprint density at radius 1 is 1.05 bits per heavy atom. The molecule has 1 N–H and O–H groups in total. The Bertz CT molecular complexity index is 1480. The third-order valence-electron chi connectivity index (χ3n) is 8.05. The molecule has 0 bridgehead atoms. The zero-order chi connectivity index (χ0) is 25.9. The molecule has 0 radical (unpaired) electrons. The van der Waals surface area contributed by atoms with Crippen LogP contribution in [0.3, 0.4) is 0 Å². The van der Waals surface area contributed by atoms with Crippen LogP contribution < -0.4 is 5.32 Å². The zero-order valence-electron chi connectivity index (χ0n) is 22.2. The van der Waals surface area contributed by atoms with Crippen LogP contribution in [0, 0.1) is 0 Å². The van der Waals surface area contributed by atoms with Crippen LogP contribution in [-0.2, 0) is 11.3 Å². The van der Waals surface area contributed by atoms with Crippen LogP contribution in [0.25, 0.3) is 32.2 Å². The van der Waals surface area contributed by atoms with Gasteiger partial charge in [0.2, 0.25) is 0 Å². The van der Waals surface area contributed by atoms with E-state index in [4.69, 9.17) is 14.7 Å². The van der Waals surface area contributed by atoms with Crippen LogP contribution in [-0.4, -0.2) is 48.2 Å². The molecule has 7 heteroatoms. The van der Waals surface area contributed by atoms with E-state index in [0.29, 0.717) is 11.6 Å². The van der Waals surface area contributed by atoms with Gasteiger partial charge in [0.25, 0.3) is 0 Å². The molecule has 1 saturated carbocycles. The van der Waals surface area contributed by atoms with Gasteiger partial charge < -0.3 is 0 Å². The van der Waals surface area contributed by atoms with E-state index in [1.807, 2.05) is 18.2 Å². The number of fused-ring (bicyclic) bond motifs is 2. The first kappa shape index (κ1) is 25.4. The van der Waals surface area contributed by atoms with Crippen LogP contribution in [0.2, 0.25) is 0 Å². The molecule has 0 aliphatic heterocycles. The molecule has 2 aliphatic carbocycles. The van der Waals surface area contributed by atoms with Crippen LogP contribution in [0.5, 0.6) is 0 Å². The molecule has 0 unspecified atom stereocenters. The van der Waals surface area contributed by atoms with E-state index in [1.54, 1.807) is 5.57 Å². The number of aryl methyl sites for hydroxylation is 1. The van der Waals surface area contributed by atoms with Crippen molar-refractivity contribution in [2.75, 3.05) is 12.4 Å². The molecule has 0 atom stereocenters. The van der Waals surface area contributed by atoms with E-state index < -0.39 is 0 Å². The number of carbonyl (C=O) groups is 1. The first-order valence-corrected chi connectivity index (χ1v) is 15.8. The van der Waals surface area contributed by atoms with Gasteiger partial charge in [-0.3, -0.25) is 0 Å². The Morgan fingerprint density at radius 2 is 1.92 bits per heavy atom. The minimum absolute atomic E-state index is 0.115. The van der Waals surface area contributed by atoms with Crippen molar-refractivity contribution in [2.24, 2.45) is 0 Å². The Morgan fingerprint density at radius 3 is 2.71 bits per heavy atom. The second-order valence-electron chi connectivity index (χ2n) is 10.6. The summed E-state index contributed by atoms with van der Waals surface area (Å²) in [6.07, 6.45) is 16.2. The first-order chi connectivity index (χ1) is 18.7. The van der Waals surface area contributed by atoms with Crippen molar-refractivity contribution in [1.82, 2.24) is 14.5 Å². The van der Waals surface area contributed by atoms with E-state index in [2.05, 4.69) is 34.2 Å². The zero-order valence-corrected chi connectivity index (χ0v) is 23.9. The number of rotatable bonds is 7. The standard InChI is InChI=1S/C31H36N4O2Se/c1-37-30(36)22-16-17-27-26(20-22)33-29(35(27)19-18-21-10-5-4-6-11-21)24-14-9-15-25-28(24)38-31(34-25)32-23-12-7-2-3-8-13-23/h9-10,14-17,20,23H,2-8,11-13,18-19H2,1H3,(H,32,34). The maximum atomic E-state index is 12.2. The molecule has 0 amide bonds. The third kappa shape index (κ3) is 5.32. The number of esters is 1. The molecule has 2 aromatic heterocycles. The molecule has 198 valence electrons. The maximum absolute atomic E-state index is 12.2. The summed E-state index contributed by atoms with van der Waals surface area (Å²) in [6, 6.07) is 12.7. The Labute approximate surface area is 230 Å². The van der Waals surface area contributed by atoms with Gasteiger partial charge in [0.15, 0.2) is 0 Å². The molecule has 0 spiro atoms. The van der Waals surface area contributed by atoms with Crippen LogP contribution >= 0.6 is 0 Å². The molecule has 38 heavy (non-hydrogen) atoms. The Kier molecular flexibility index (Phi) is 7.66. The topological polar surface area (TPSA) is 69.0 Å². The van der Waals surface area contributed by atoms with E-state index >= 15 is 0 Å². The van der Waals surface area contributed by atoms with Gasteiger partial charge in [-0.2, -0.15) is 0 Å². The molecule has 2 aliphatic rings. The van der Waals surface area contributed by atoms with Crippen molar-refractivity contribution < 1.29 is 9.53 Å². The molecule has 4 aromatic rings. The second kappa shape index (κ2) is 11.5. The van der Waals surface area contributed by atoms with Crippen molar-refractivity contribution in [2.45, 2.75) is 83.2 Å². The summed E-state index contributed by atoms with van der Waals surface area (Å²) < 4.78 is 9.78. The van der Waals surface area contributed by atoms with Gasteiger partial charge >= 0.3 is 231 Å². The fourth-order valence-electron chi connectivity index (χ4n) is 5.98. The average molecular weight is 576 g/mol. The second-order valence-corrected chi connectivity index (χ2v) is 12.7. The molecule has 6 rings (SSSR count). The van der Waals surface area contributed by atoms with Crippen molar-refractivity contribution in [3.8, 4) is 11.4 Å². The van der Waals surface area contributed by atoms with Crippen molar-refractivity contribution >= 4 is 46.0 Å². The fourth-order valence-corrected chi connectivity index (χ4v) is 8.18. The van der Waals surface area contributed by atoms with Gasteiger partial charge in [0.05, 0.1) is 0 Å². The molecule has 0 saturated heterocycles. The number of methoxy groups -OCH3 is 1. The number of carbonyl (C=O) groups excluding carboxylic acids is 1. The van der Waals surface area contributed by atoms with E-state index in [-0.39, 0.29) is 20.5 Å². The number of allylic oxidation sites excluding steroid dienone is 2. The summed E-state index contributed by atoms with van der Waals surface area (Å²) >= 11 is 0.115. The molecule has 2 heterocycles. The number of ether oxygens (including phenoxy) is 1. The third-order valence-corrected chi connectivity index (χ3v) is 10.2. The van der Waals surface area contributed by atoms with Crippen LogP contribution in [0.15, 0.2) is 48.0 Å². The number of hydrogen-bond donors (Lipinski definition) is 1. The Hall–Kier alpha value is -2.89. The van der Waals surface area contributed by atoms with Gasteiger partial charge in [-0.05, 0) is 0 Å². The predicted molar refractivity (Wildman–Crippen MR) is 155 cm³/mol. The summed E-state index contributed by atoms with van der Waals surface area (Å²) in [5, 5.41) is 3.81. The van der Waals surface area contributed by atoms with E-state index in [1.165, 1.54) is 75.6 Å². The van der Waals surface area contributed by atoms with Crippen molar-refractivity contribution in [3.63, 3.8) is 0 Å². The monoisotopic (exact) mass is 576 g/mol. The number of anilines is 1. The molecular weight excluding hydrogens is 539 g/mol. The molecule has 6 nitrogen and oxygen atoms in total. The number of nitrogens with zero attached hydrogens (tertiary/aromatic N) is 3. The molecule has 2 aromatic carbocycles. The average Bonchev–Trinajstić information content (AvgIpc) is 3.43. The summed E-state index contributed by atoms with van der Waals surface area (Å²) in [7, 11) is 1.42. The van der Waals surface area contributed by atoms with E-state index in [0.717, 1.165) is 45.6 Å². The van der Waals surface area contributed by atoms with Crippen LogP contribution in [0.1, 0.15) is 81.0 Å². The number of hydrogen-bond acceptors (Lipinski definition) is 5. The van der Waals surface area contributed by atoms with Gasteiger partial charge in [-0.15, -0.1) is 0 Å². The first-order valence-electron chi connectivity index (χ1n) is 14.1. The van der Waals surface area contributed by atoms with Crippen molar-refractivity contribution in [1.29, 1.82) is 0 Å². The quantitative estimate of drug-likeness (QED) is 0.110. The van der Waals surface area contributed by atoms with Gasteiger partial charge in [-0.1, -0.05) is 0 Å². The normalized spacial score (nSPS) is 16.9. The minimum atomic E-state index is -0.332. The summed E-state index contributed by atoms with van der Waals surface area (Å²) in [4.78, 5) is 22.4. The number of benzene rings is 2. The number of imidazole rings is 1. The van der Waals surface area contributed by atoms with Crippen molar-refractivity contribution in [3.05, 3.63) is 53.6 Å². The van der Waals surface area contributed by atoms with Gasteiger partial charge in [0.1, 0.15) is 0 Å². The Balaban J connectivity index is 1.40. The predicted octanol–water partition coefficient (Wildman–Crippen LogP) is 7.12. The molecule has 1 fully saturated rings. The summed E-state index contributed by atoms with van der Waals surface area (Å²) in [6.45, 7) is 0.875. The van der Waals surface area contributed by atoms with Crippen LogP contribution in [0.4, 0.5) is 4.69 Å². The summed E-state index contributed by atoms with van der Waals surface area (Å²) in [5.74, 6) is 0.644. The number of nitrogens with one attached hydrogen (secondary N) is 1. The summed E-state index contributed by atoms with van der Waals surface area (Å²) in [5.41, 5.74) is 6.22.